The molecule has 10 heterocycles. The number of carbonyl (C=O) groups excluding carboxylic acids is 2. The molecule has 4 aromatic heterocycles. The minimum absolute atomic E-state index is 0.115. The molecular weight excluding hydrogens is 867 g/mol. The Morgan fingerprint density at radius 1 is 0.841 bits per heavy atom. The highest BCUT2D eigenvalue weighted by Gasteiger charge is 2.42. The van der Waals surface area contributed by atoms with Gasteiger partial charge in [0, 0.05) is 125 Å². The number of carbonyl (C=O) groups is 2. The van der Waals surface area contributed by atoms with Gasteiger partial charge in [0.15, 0.2) is 0 Å². The standard InChI is InChI=1S/C54H65N11O4/c1-33-28-61(37-12-15-60-30-34-7-9-42-44(43(34)23-40(60)22-37)31-65(51(42)67)38-6-5-13-55-26-38)16-17-62(33)39-8-10-49(57-27-39)58-46-20-36(29-59(4)52(46)68)41-11-14-56-50(45(41)32-66)64-19-18-63-47(53(64)69)21-35-24-54(2,3)25-48(35)63/h7-11,14,20-21,27,29,33,37-38,40,55,66H,5-6,12-13,15-19,22-26,28,30-32H2,1-4H3,(H,57,58)/t33-,37-,38?,40-/m0/s1. The number of fused-ring (bicyclic) bond motifs is 7. The van der Waals surface area contributed by atoms with Gasteiger partial charge in [0.25, 0.3) is 17.4 Å². The van der Waals surface area contributed by atoms with Gasteiger partial charge in [-0.3, -0.25) is 29.1 Å². The fourth-order valence-corrected chi connectivity index (χ4v) is 13.3. The lowest BCUT2D eigenvalue weighted by Gasteiger charge is -2.49. The second kappa shape index (κ2) is 17.2. The van der Waals surface area contributed by atoms with Crippen LogP contribution < -0.4 is 26.0 Å². The average Bonchev–Trinajstić information content (AvgIpc) is 3.99. The molecule has 0 saturated carbocycles. The number of rotatable bonds is 8. The lowest BCUT2D eigenvalue weighted by molar-refractivity contribution is 0.0456. The molecule has 15 heteroatoms. The number of pyridine rings is 3. The van der Waals surface area contributed by atoms with Crippen LogP contribution in [0.1, 0.15) is 101 Å². The van der Waals surface area contributed by atoms with E-state index >= 15 is 0 Å². The highest BCUT2D eigenvalue weighted by Crippen LogP contribution is 2.42. The van der Waals surface area contributed by atoms with Crippen LogP contribution in [0.5, 0.6) is 0 Å². The number of benzene rings is 1. The summed E-state index contributed by atoms with van der Waals surface area (Å²) in [7, 11) is 1.72. The van der Waals surface area contributed by atoms with Gasteiger partial charge < -0.3 is 34.7 Å². The Labute approximate surface area is 404 Å². The number of piperidine rings is 2. The second-order valence-electron chi connectivity index (χ2n) is 21.7. The third-order valence-electron chi connectivity index (χ3n) is 16.8. The maximum atomic E-state index is 14.0. The zero-order valence-electron chi connectivity index (χ0n) is 40.5. The van der Waals surface area contributed by atoms with Crippen LogP contribution in [0.2, 0.25) is 0 Å². The van der Waals surface area contributed by atoms with Crippen molar-refractivity contribution < 1.29 is 14.7 Å². The van der Waals surface area contributed by atoms with Crippen LogP contribution in [0.3, 0.4) is 0 Å². The predicted octanol–water partition coefficient (Wildman–Crippen LogP) is 5.47. The SMILES string of the molecule is C[C@H]1CN([C@H]2CCN3Cc4ccc5c(c4C[C@@H]3C2)CN(C2CCCNC2)C5=O)CCN1c1ccc(Nc2cc(-c3ccnc(N4CCn5c(cc6c5CC(C)(C)C6)C4=O)c3CO)cn(C)c2=O)nc1. The Hall–Kier alpha value is -5.87. The quantitative estimate of drug-likeness (QED) is 0.182. The van der Waals surface area contributed by atoms with Crippen LogP contribution in [-0.4, -0.2) is 121 Å². The number of aliphatic hydroxyl groups is 1. The Morgan fingerprint density at radius 3 is 2.52 bits per heavy atom. The van der Waals surface area contributed by atoms with E-state index < -0.39 is 0 Å². The van der Waals surface area contributed by atoms with Crippen molar-refractivity contribution in [3.05, 3.63) is 116 Å². The van der Waals surface area contributed by atoms with E-state index in [9.17, 15) is 19.5 Å². The van der Waals surface area contributed by atoms with Crippen LogP contribution >= 0.6 is 0 Å². The summed E-state index contributed by atoms with van der Waals surface area (Å²) >= 11 is 0. The average molecular weight is 932 g/mol. The first-order valence-electron chi connectivity index (χ1n) is 25.4. The number of nitrogens with zero attached hydrogens (tertiary/aromatic N) is 9. The predicted molar refractivity (Wildman–Crippen MR) is 267 cm³/mol. The van der Waals surface area contributed by atoms with Gasteiger partial charge >= 0.3 is 0 Å². The zero-order chi connectivity index (χ0) is 47.3. The molecular formula is C54H65N11O4. The maximum absolute atomic E-state index is 14.0. The Kier molecular flexibility index (Phi) is 11.1. The van der Waals surface area contributed by atoms with Crippen molar-refractivity contribution >= 4 is 34.8 Å². The van der Waals surface area contributed by atoms with Gasteiger partial charge in [0.1, 0.15) is 23.0 Å². The van der Waals surface area contributed by atoms with Crippen LogP contribution in [-0.2, 0) is 52.6 Å². The molecule has 2 amide bonds. The third kappa shape index (κ3) is 7.76. The Morgan fingerprint density at radius 2 is 1.72 bits per heavy atom. The highest BCUT2D eigenvalue weighted by molar-refractivity contribution is 6.06. The molecule has 7 aliphatic rings. The van der Waals surface area contributed by atoms with E-state index in [1.54, 1.807) is 30.4 Å². The van der Waals surface area contributed by atoms with E-state index in [0.29, 0.717) is 77.0 Å². The van der Waals surface area contributed by atoms with Crippen molar-refractivity contribution in [3.63, 3.8) is 0 Å². The van der Waals surface area contributed by atoms with E-state index in [2.05, 4.69) is 78.8 Å². The third-order valence-corrected chi connectivity index (χ3v) is 16.8. The molecule has 360 valence electrons. The van der Waals surface area contributed by atoms with Crippen molar-refractivity contribution in [1.29, 1.82) is 0 Å². The molecule has 1 unspecified atom stereocenters. The molecule has 5 aromatic rings. The number of aliphatic hydroxyl groups excluding tert-OH is 1. The second-order valence-corrected chi connectivity index (χ2v) is 21.7. The number of anilines is 4. The summed E-state index contributed by atoms with van der Waals surface area (Å²) in [5.41, 5.74) is 11.6. The van der Waals surface area contributed by atoms with Crippen molar-refractivity contribution in [3.8, 4) is 11.1 Å². The first kappa shape index (κ1) is 44.3. The molecule has 15 nitrogen and oxygen atoms in total. The van der Waals surface area contributed by atoms with Crippen LogP contribution in [0, 0.1) is 5.41 Å². The molecule has 0 spiro atoms. The molecule has 1 aromatic carbocycles. The first-order valence-corrected chi connectivity index (χ1v) is 25.4. The molecule has 12 rings (SSSR count). The highest BCUT2D eigenvalue weighted by atomic mass is 16.3. The molecule has 3 fully saturated rings. The van der Waals surface area contributed by atoms with Gasteiger partial charge in [-0.15, -0.1) is 0 Å². The molecule has 0 radical (unpaired) electrons. The van der Waals surface area contributed by atoms with E-state index in [0.717, 1.165) is 102 Å². The van der Waals surface area contributed by atoms with Crippen molar-refractivity contribution in [2.45, 2.75) is 116 Å². The minimum Gasteiger partial charge on any atom is -0.392 e. The number of hydrogen-bond acceptors (Lipinski definition) is 11. The lowest BCUT2D eigenvalue weighted by atomic mass is 9.83. The summed E-state index contributed by atoms with van der Waals surface area (Å²) in [5.74, 6) is 1.10. The topological polar surface area (TPSA) is 147 Å². The fourth-order valence-electron chi connectivity index (χ4n) is 13.3. The first-order chi connectivity index (χ1) is 33.4. The fraction of sp³-hybridized carbons (Fsp3) is 0.500. The van der Waals surface area contributed by atoms with Gasteiger partial charge in [-0.1, -0.05) is 19.9 Å². The largest absolute Gasteiger partial charge is 0.392 e. The van der Waals surface area contributed by atoms with E-state index in [1.165, 1.54) is 38.9 Å². The number of hydrogen-bond donors (Lipinski definition) is 3. The van der Waals surface area contributed by atoms with Gasteiger partial charge in [0.2, 0.25) is 0 Å². The van der Waals surface area contributed by atoms with Gasteiger partial charge in [-0.2, -0.15) is 0 Å². The van der Waals surface area contributed by atoms with Crippen molar-refractivity contribution in [2.75, 3.05) is 60.9 Å². The molecule has 4 atom stereocenters. The number of aromatic nitrogens is 4. The molecule has 3 N–H and O–H groups in total. The number of piperazine rings is 1. The normalized spacial score (nSPS) is 24.5. The number of amides is 2. The number of nitrogens with one attached hydrogen (secondary N) is 2. The van der Waals surface area contributed by atoms with Crippen molar-refractivity contribution in [2.24, 2.45) is 12.5 Å². The zero-order valence-corrected chi connectivity index (χ0v) is 40.5. The molecule has 1 aliphatic carbocycles. The molecule has 6 aliphatic heterocycles. The molecule has 0 bridgehead atoms. The van der Waals surface area contributed by atoms with Gasteiger partial charge in [0.05, 0.1) is 18.5 Å². The summed E-state index contributed by atoms with van der Waals surface area (Å²) in [6.07, 6.45) is 12.8. The molecule has 3 saturated heterocycles. The maximum Gasteiger partial charge on any atom is 0.276 e. The van der Waals surface area contributed by atoms with E-state index in [-0.39, 0.29) is 29.4 Å². The smallest absolute Gasteiger partial charge is 0.276 e. The van der Waals surface area contributed by atoms with Crippen LogP contribution in [0.4, 0.5) is 23.0 Å². The monoisotopic (exact) mass is 932 g/mol. The summed E-state index contributed by atoms with van der Waals surface area (Å²) < 4.78 is 3.71. The lowest BCUT2D eigenvalue weighted by Crippen LogP contribution is -2.58. The molecule has 69 heavy (non-hydrogen) atoms. The van der Waals surface area contributed by atoms with E-state index in [4.69, 9.17) is 4.98 Å². The summed E-state index contributed by atoms with van der Waals surface area (Å²) in [6, 6.07) is 15.7. The minimum atomic E-state index is -0.326. The van der Waals surface area contributed by atoms with Crippen LogP contribution in [0.15, 0.2) is 65.8 Å². The summed E-state index contributed by atoms with van der Waals surface area (Å²) in [4.78, 5) is 62.4. The van der Waals surface area contributed by atoms with Crippen molar-refractivity contribution in [1.82, 2.24) is 39.1 Å². The van der Waals surface area contributed by atoms with E-state index in [1.807, 2.05) is 24.4 Å². The Bertz CT molecular complexity index is 2920. The summed E-state index contributed by atoms with van der Waals surface area (Å²) in [5, 5.41) is 17.6. The van der Waals surface area contributed by atoms with Gasteiger partial charge in [-0.25, -0.2) is 9.97 Å². The Balaban J connectivity index is 0.701. The van der Waals surface area contributed by atoms with Gasteiger partial charge in [-0.05, 0) is 128 Å². The number of aryl methyl sites for hydroxylation is 1. The summed E-state index contributed by atoms with van der Waals surface area (Å²) in [6.45, 7) is 15.3. The van der Waals surface area contributed by atoms with Crippen LogP contribution in [0.25, 0.3) is 11.1 Å².